The van der Waals surface area contributed by atoms with Crippen LogP contribution in [0.2, 0.25) is 0 Å². The fraction of sp³-hybridized carbons (Fsp3) is 0. The Hall–Kier alpha value is -2.19. The summed E-state index contributed by atoms with van der Waals surface area (Å²) in [4.78, 5) is 10.6. The molecule has 0 bridgehead atoms. The van der Waals surface area contributed by atoms with Gasteiger partial charge in [0.25, 0.3) is 0 Å². The van der Waals surface area contributed by atoms with Crippen LogP contribution in [0.4, 0.5) is 0 Å². The fourth-order valence-electron chi connectivity index (χ4n) is 1.05. The zero-order valence-corrected chi connectivity index (χ0v) is 8.99. The number of aromatic carboxylic acids is 1. The number of nitriles is 1. The summed E-state index contributed by atoms with van der Waals surface area (Å²) in [7, 11) is 0. The molecule has 0 aromatic heterocycles. The van der Waals surface area contributed by atoms with Gasteiger partial charge >= 0.3 is 5.97 Å². The van der Waals surface area contributed by atoms with E-state index >= 15 is 0 Å². The second kappa shape index (κ2) is 5.05. The summed E-state index contributed by atoms with van der Waals surface area (Å²) in [5, 5.41) is 17.4. The Labute approximate surface area is 97.6 Å². The normalized spacial score (nSPS) is 10.6. The molecule has 0 aliphatic rings. The van der Waals surface area contributed by atoms with Crippen molar-refractivity contribution in [1.82, 2.24) is 0 Å². The molecule has 0 atom stereocenters. The molecule has 0 aliphatic carbocycles. The van der Waals surface area contributed by atoms with Crippen LogP contribution in [0.1, 0.15) is 15.9 Å². The van der Waals surface area contributed by atoms with Crippen molar-refractivity contribution in [2.24, 2.45) is 5.73 Å². The number of hydrogen-bond donors (Lipinski definition) is 2. The molecule has 0 heterocycles. The Morgan fingerprint density at radius 2 is 2.00 bits per heavy atom. The molecule has 1 aromatic carbocycles. The van der Waals surface area contributed by atoms with Gasteiger partial charge in [0.15, 0.2) is 0 Å². The molecule has 80 valence electrons. The van der Waals surface area contributed by atoms with Crippen molar-refractivity contribution in [2.45, 2.75) is 0 Å². The molecule has 0 saturated heterocycles. The van der Waals surface area contributed by atoms with Crippen molar-refractivity contribution in [1.29, 1.82) is 5.26 Å². The van der Waals surface area contributed by atoms with Crippen LogP contribution in [0.3, 0.4) is 0 Å². The molecule has 0 amide bonds. The van der Waals surface area contributed by atoms with Crippen LogP contribution < -0.4 is 5.73 Å². The van der Waals surface area contributed by atoms with E-state index in [1.165, 1.54) is 18.2 Å². The van der Waals surface area contributed by atoms with Crippen LogP contribution in [0.25, 0.3) is 6.08 Å². The van der Waals surface area contributed by atoms with Gasteiger partial charge in [-0.25, -0.2) is 4.79 Å². The number of benzene rings is 1. The highest BCUT2D eigenvalue weighted by Crippen LogP contribution is 2.09. The van der Waals surface area contributed by atoms with Crippen LogP contribution >= 0.6 is 12.2 Å². The topological polar surface area (TPSA) is 87.1 Å². The zero-order valence-electron chi connectivity index (χ0n) is 8.18. The highest BCUT2D eigenvalue weighted by molar-refractivity contribution is 7.80. The Morgan fingerprint density at radius 1 is 1.44 bits per heavy atom. The van der Waals surface area contributed by atoms with Gasteiger partial charge in [-0.3, -0.25) is 0 Å². The predicted octanol–water partition coefficient (Wildman–Crippen LogP) is 1.58. The van der Waals surface area contributed by atoms with E-state index in [1.807, 2.05) is 6.07 Å². The number of thiocarbonyl (C=S) groups is 1. The van der Waals surface area contributed by atoms with E-state index in [9.17, 15) is 4.79 Å². The third kappa shape index (κ3) is 2.90. The Morgan fingerprint density at radius 3 is 2.38 bits per heavy atom. The van der Waals surface area contributed by atoms with Crippen LogP contribution in [-0.4, -0.2) is 16.1 Å². The molecule has 0 unspecified atom stereocenters. The van der Waals surface area contributed by atoms with E-state index in [1.54, 1.807) is 12.1 Å². The van der Waals surface area contributed by atoms with Gasteiger partial charge in [0, 0.05) is 0 Å². The lowest BCUT2D eigenvalue weighted by Gasteiger charge is -1.97. The molecule has 1 rings (SSSR count). The van der Waals surface area contributed by atoms with Crippen molar-refractivity contribution in [3.8, 4) is 6.07 Å². The summed E-state index contributed by atoms with van der Waals surface area (Å²) >= 11 is 4.68. The lowest BCUT2D eigenvalue weighted by molar-refractivity contribution is 0.0697. The maximum absolute atomic E-state index is 10.6. The maximum Gasteiger partial charge on any atom is 0.335 e. The van der Waals surface area contributed by atoms with E-state index in [0.717, 1.165) is 0 Å². The fourth-order valence-corrected chi connectivity index (χ4v) is 1.15. The van der Waals surface area contributed by atoms with Gasteiger partial charge in [-0.05, 0) is 23.8 Å². The number of rotatable bonds is 3. The van der Waals surface area contributed by atoms with E-state index in [-0.39, 0.29) is 16.1 Å². The van der Waals surface area contributed by atoms with Gasteiger partial charge < -0.3 is 10.8 Å². The average Bonchev–Trinajstić information content (AvgIpc) is 2.26. The lowest BCUT2D eigenvalue weighted by Crippen LogP contribution is -2.09. The van der Waals surface area contributed by atoms with Gasteiger partial charge in [-0.15, -0.1) is 0 Å². The van der Waals surface area contributed by atoms with Gasteiger partial charge in [-0.1, -0.05) is 24.4 Å². The highest BCUT2D eigenvalue weighted by atomic mass is 32.1. The quantitative estimate of drug-likeness (QED) is 0.469. The SMILES string of the molecule is N#C/C(=C/c1ccc(C(=O)O)cc1)C(N)=S. The molecule has 16 heavy (non-hydrogen) atoms. The molecule has 1 aromatic rings. The predicted molar refractivity (Wildman–Crippen MR) is 63.8 cm³/mol. The van der Waals surface area contributed by atoms with Gasteiger partial charge in [0.05, 0.1) is 11.1 Å². The first-order valence-corrected chi connectivity index (χ1v) is 4.70. The third-order valence-electron chi connectivity index (χ3n) is 1.85. The average molecular weight is 232 g/mol. The molecule has 0 spiro atoms. The van der Waals surface area contributed by atoms with Gasteiger partial charge in [-0.2, -0.15) is 5.26 Å². The van der Waals surface area contributed by atoms with Crippen LogP contribution in [0, 0.1) is 11.3 Å². The molecule has 4 nitrogen and oxygen atoms in total. The van der Waals surface area contributed by atoms with Crippen LogP contribution in [-0.2, 0) is 0 Å². The van der Waals surface area contributed by atoms with E-state index in [0.29, 0.717) is 5.56 Å². The molecular formula is C11H8N2O2S. The first-order valence-electron chi connectivity index (χ1n) is 4.29. The summed E-state index contributed by atoms with van der Waals surface area (Å²) in [6, 6.07) is 7.93. The van der Waals surface area contributed by atoms with Gasteiger partial charge in [0.1, 0.15) is 11.1 Å². The minimum Gasteiger partial charge on any atom is -0.478 e. The summed E-state index contributed by atoms with van der Waals surface area (Å²) in [6.45, 7) is 0. The summed E-state index contributed by atoms with van der Waals surface area (Å²) < 4.78 is 0. The first-order chi connectivity index (χ1) is 7.54. The van der Waals surface area contributed by atoms with E-state index in [4.69, 9.17) is 16.1 Å². The number of hydrogen-bond acceptors (Lipinski definition) is 3. The number of carboxylic acid groups (broad SMARTS) is 1. The maximum atomic E-state index is 10.6. The lowest BCUT2D eigenvalue weighted by atomic mass is 10.1. The molecule has 0 aliphatic heterocycles. The van der Waals surface area contributed by atoms with Crippen molar-refractivity contribution < 1.29 is 9.90 Å². The van der Waals surface area contributed by atoms with Crippen molar-refractivity contribution >= 4 is 29.3 Å². The molecule has 0 fully saturated rings. The Balaban J connectivity index is 3.04. The molecular weight excluding hydrogens is 224 g/mol. The number of carbonyl (C=O) groups is 1. The third-order valence-corrected chi connectivity index (χ3v) is 2.07. The van der Waals surface area contributed by atoms with Gasteiger partial charge in [0.2, 0.25) is 0 Å². The second-order valence-electron chi connectivity index (χ2n) is 2.96. The summed E-state index contributed by atoms with van der Waals surface area (Å²) in [5.74, 6) is -0.995. The van der Waals surface area contributed by atoms with Crippen LogP contribution in [0.15, 0.2) is 29.8 Å². The zero-order chi connectivity index (χ0) is 12.1. The number of nitrogens with two attached hydrogens (primary N) is 1. The Bertz CT molecular complexity index is 498. The number of carboxylic acids is 1. The molecule has 0 saturated carbocycles. The van der Waals surface area contributed by atoms with Crippen molar-refractivity contribution in [2.75, 3.05) is 0 Å². The smallest absolute Gasteiger partial charge is 0.335 e. The number of nitrogens with zero attached hydrogens (tertiary/aromatic N) is 1. The van der Waals surface area contributed by atoms with E-state index < -0.39 is 5.97 Å². The first kappa shape index (κ1) is 11.9. The van der Waals surface area contributed by atoms with Crippen LogP contribution in [0.5, 0.6) is 0 Å². The minimum absolute atomic E-state index is 0.0183. The summed E-state index contributed by atoms with van der Waals surface area (Å²) in [6.07, 6.45) is 1.51. The standard InChI is InChI=1S/C11H8N2O2S/c12-6-9(10(13)16)5-7-1-3-8(4-2-7)11(14)15/h1-5H,(H2,13,16)(H,14,15)/b9-5-. The van der Waals surface area contributed by atoms with Crippen molar-refractivity contribution in [3.05, 3.63) is 41.0 Å². The largest absolute Gasteiger partial charge is 0.478 e. The highest BCUT2D eigenvalue weighted by Gasteiger charge is 2.02. The molecule has 3 N–H and O–H groups in total. The second-order valence-corrected chi connectivity index (χ2v) is 3.40. The minimum atomic E-state index is -0.995. The Kier molecular flexibility index (Phi) is 3.75. The van der Waals surface area contributed by atoms with Crippen molar-refractivity contribution in [3.63, 3.8) is 0 Å². The molecule has 0 radical (unpaired) electrons. The molecule has 5 heteroatoms. The monoisotopic (exact) mass is 232 g/mol. The van der Waals surface area contributed by atoms with E-state index in [2.05, 4.69) is 12.2 Å². The summed E-state index contributed by atoms with van der Waals surface area (Å²) in [5.41, 5.74) is 6.37.